The number of likely N-dealkylation sites (N-methyl/N-ethyl adjacent to an activating group) is 1. The largest absolute Gasteiger partial charge is 0.464 e. The second kappa shape index (κ2) is 20.4. The van der Waals surface area contributed by atoms with Crippen LogP contribution in [0.5, 0.6) is 0 Å². The van der Waals surface area contributed by atoms with Crippen molar-refractivity contribution in [2.75, 3.05) is 40.5 Å². The maximum Gasteiger partial charge on any atom is 0.410 e. The van der Waals surface area contributed by atoms with Crippen LogP contribution in [0.4, 0.5) is 4.79 Å². The lowest BCUT2D eigenvalue weighted by molar-refractivity contribution is -0.144. The third-order valence-electron chi connectivity index (χ3n) is 4.70. The highest BCUT2D eigenvalue weighted by Crippen LogP contribution is 2.12. The van der Waals surface area contributed by atoms with Crippen LogP contribution in [-0.4, -0.2) is 57.5 Å². The summed E-state index contributed by atoms with van der Waals surface area (Å²) >= 11 is 0. The summed E-state index contributed by atoms with van der Waals surface area (Å²) in [5, 5.41) is 0. The molecule has 0 radical (unpaired) electrons. The van der Waals surface area contributed by atoms with Crippen LogP contribution in [0.1, 0.15) is 90.4 Å². The molecule has 6 nitrogen and oxygen atoms in total. The molecule has 0 saturated carbocycles. The first-order chi connectivity index (χ1) is 13.6. The number of carbonyl (C=O) groups excluding carboxylic acids is 2. The molecule has 0 atom stereocenters. The molecular formula is C22H43NO5. The van der Waals surface area contributed by atoms with Gasteiger partial charge >= 0.3 is 12.1 Å². The van der Waals surface area contributed by atoms with Gasteiger partial charge in [-0.15, -0.1) is 0 Å². The quantitative estimate of drug-likeness (QED) is 0.216. The Balaban J connectivity index is 3.37. The van der Waals surface area contributed by atoms with Gasteiger partial charge < -0.3 is 19.1 Å². The Morgan fingerprint density at radius 3 is 1.68 bits per heavy atom. The van der Waals surface area contributed by atoms with Crippen molar-refractivity contribution in [3.63, 3.8) is 0 Å². The van der Waals surface area contributed by atoms with Gasteiger partial charge in [0.15, 0.2) is 0 Å². The van der Waals surface area contributed by atoms with Crippen LogP contribution in [0.3, 0.4) is 0 Å². The van der Waals surface area contributed by atoms with Crippen LogP contribution >= 0.6 is 0 Å². The van der Waals surface area contributed by atoms with Crippen LogP contribution in [0, 0.1) is 0 Å². The van der Waals surface area contributed by atoms with Gasteiger partial charge in [-0.05, 0) is 6.42 Å². The summed E-state index contributed by atoms with van der Waals surface area (Å²) in [6, 6.07) is 0. The molecule has 0 rings (SSSR count). The molecule has 0 aliphatic rings. The minimum atomic E-state index is -0.546. The molecule has 0 fully saturated rings. The van der Waals surface area contributed by atoms with Crippen LogP contribution in [0.25, 0.3) is 0 Å². The molecule has 0 bridgehead atoms. The zero-order valence-electron chi connectivity index (χ0n) is 18.5. The number of carbonyl (C=O) groups is 2. The minimum absolute atomic E-state index is 0.0930. The highest BCUT2D eigenvalue weighted by molar-refractivity contribution is 5.77. The van der Waals surface area contributed by atoms with Crippen molar-refractivity contribution < 1.29 is 23.8 Å². The number of esters is 1. The zero-order valence-corrected chi connectivity index (χ0v) is 18.5. The first-order valence-electron chi connectivity index (χ1n) is 11.1. The molecule has 0 aromatic carbocycles. The third-order valence-corrected chi connectivity index (χ3v) is 4.70. The number of rotatable bonds is 19. The topological polar surface area (TPSA) is 65.1 Å². The highest BCUT2D eigenvalue weighted by Gasteiger charge is 2.14. The smallest absolute Gasteiger partial charge is 0.410 e. The molecule has 0 saturated heterocycles. The van der Waals surface area contributed by atoms with Crippen LogP contribution in [-0.2, 0) is 19.0 Å². The van der Waals surface area contributed by atoms with Crippen molar-refractivity contribution in [1.29, 1.82) is 0 Å². The van der Waals surface area contributed by atoms with Gasteiger partial charge in [0.1, 0.15) is 13.2 Å². The second-order valence-electron chi connectivity index (χ2n) is 7.43. The first-order valence-corrected chi connectivity index (χ1v) is 11.1. The molecule has 0 unspecified atom stereocenters. The van der Waals surface area contributed by atoms with Gasteiger partial charge in [-0.2, -0.15) is 0 Å². The lowest BCUT2D eigenvalue weighted by Crippen LogP contribution is -2.34. The van der Waals surface area contributed by atoms with Gasteiger partial charge in [0.25, 0.3) is 0 Å². The van der Waals surface area contributed by atoms with Crippen molar-refractivity contribution in [3.05, 3.63) is 0 Å². The second-order valence-corrected chi connectivity index (χ2v) is 7.43. The molecule has 6 heteroatoms. The van der Waals surface area contributed by atoms with Gasteiger partial charge in [-0.3, -0.25) is 4.79 Å². The predicted octanol–water partition coefficient (Wildman–Crippen LogP) is 5.34. The van der Waals surface area contributed by atoms with Crippen molar-refractivity contribution in [2.24, 2.45) is 0 Å². The van der Waals surface area contributed by atoms with E-state index in [0.29, 0.717) is 13.2 Å². The highest BCUT2D eigenvalue weighted by atomic mass is 16.6. The summed E-state index contributed by atoms with van der Waals surface area (Å²) in [4.78, 5) is 24.5. The Morgan fingerprint density at radius 1 is 0.679 bits per heavy atom. The number of hydrogen-bond donors (Lipinski definition) is 0. The summed E-state index contributed by atoms with van der Waals surface area (Å²) in [6.45, 7) is 3.09. The Bertz CT molecular complexity index is 376. The van der Waals surface area contributed by atoms with Gasteiger partial charge in [0, 0.05) is 14.2 Å². The van der Waals surface area contributed by atoms with E-state index < -0.39 is 12.1 Å². The van der Waals surface area contributed by atoms with Crippen molar-refractivity contribution >= 4 is 12.1 Å². The van der Waals surface area contributed by atoms with E-state index in [-0.39, 0.29) is 13.2 Å². The van der Waals surface area contributed by atoms with E-state index in [1.54, 1.807) is 0 Å². The van der Waals surface area contributed by atoms with E-state index in [2.05, 4.69) is 6.92 Å². The molecule has 0 aliphatic carbocycles. The van der Waals surface area contributed by atoms with Gasteiger partial charge in [0.05, 0.1) is 13.2 Å². The van der Waals surface area contributed by atoms with Crippen LogP contribution in [0.2, 0.25) is 0 Å². The van der Waals surface area contributed by atoms with Gasteiger partial charge in [-0.25, -0.2) is 4.79 Å². The molecule has 28 heavy (non-hydrogen) atoms. The van der Waals surface area contributed by atoms with E-state index in [0.717, 1.165) is 12.8 Å². The van der Waals surface area contributed by atoms with E-state index in [1.165, 1.54) is 89.7 Å². The summed E-state index contributed by atoms with van der Waals surface area (Å²) in [5.74, 6) is -0.398. The summed E-state index contributed by atoms with van der Waals surface area (Å²) < 4.78 is 14.9. The molecule has 166 valence electrons. The zero-order chi connectivity index (χ0) is 20.9. The van der Waals surface area contributed by atoms with Crippen LogP contribution < -0.4 is 0 Å². The van der Waals surface area contributed by atoms with Crippen molar-refractivity contribution in [3.8, 4) is 0 Å². The molecule has 0 heterocycles. The number of nitrogens with zero attached hydrogens (tertiary/aromatic N) is 1. The standard InChI is InChI=1S/C22H43NO5/c1-4-5-6-7-8-9-10-11-12-13-14-15-16-17-27-21(24)20-23(2)22(25)28-19-18-26-3/h4-20H2,1-3H3. The normalized spacial score (nSPS) is 10.7. The Hall–Kier alpha value is -1.30. The van der Waals surface area contributed by atoms with E-state index in [9.17, 15) is 9.59 Å². The number of hydrogen-bond acceptors (Lipinski definition) is 5. The number of unbranched alkanes of at least 4 members (excludes halogenated alkanes) is 12. The first kappa shape index (κ1) is 26.7. The van der Waals surface area contributed by atoms with E-state index >= 15 is 0 Å². The number of ether oxygens (including phenoxy) is 3. The SMILES string of the molecule is CCCCCCCCCCCCCCCOC(=O)CN(C)C(=O)OCCOC. The van der Waals surface area contributed by atoms with E-state index in [1.807, 2.05) is 0 Å². The molecule has 0 aromatic rings. The van der Waals surface area contributed by atoms with Crippen molar-refractivity contribution in [1.82, 2.24) is 4.90 Å². The fraction of sp³-hybridized carbons (Fsp3) is 0.909. The molecule has 0 N–H and O–H groups in total. The molecule has 0 aliphatic heterocycles. The third kappa shape index (κ3) is 18.1. The van der Waals surface area contributed by atoms with E-state index in [4.69, 9.17) is 14.2 Å². The molecule has 0 spiro atoms. The number of methoxy groups -OCH3 is 1. The molecular weight excluding hydrogens is 358 g/mol. The average Bonchev–Trinajstić information content (AvgIpc) is 2.68. The average molecular weight is 402 g/mol. The predicted molar refractivity (Wildman–Crippen MR) is 113 cm³/mol. The van der Waals surface area contributed by atoms with Crippen LogP contribution in [0.15, 0.2) is 0 Å². The fourth-order valence-corrected chi connectivity index (χ4v) is 2.93. The Kier molecular flexibility index (Phi) is 19.5. The van der Waals surface area contributed by atoms with Gasteiger partial charge in [0.2, 0.25) is 0 Å². The Morgan fingerprint density at radius 2 is 1.18 bits per heavy atom. The lowest BCUT2D eigenvalue weighted by atomic mass is 10.0. The molecule has 0 aromatic heterocycles. The maximum atomic E-state index is 11.7. The summed E-state index contributed by atoms with van der Waals surface area (Å²) in [5.41, 5.74) is 0. The number of amides is 1. The monoisotopic (exact) mass is 401 g/mol. The van der Waals surface area contributed by atoms with Crippen molar-refractivity contribution in [2.45, 2.75) is 90.4 Å². The fourth-order valence-electron chi connectivity index (χ4n) is 2.93. The molecule has 1 amide bonds. The summed E-state index contributed by atoms with van der Waals surface area (Å²) in [6.07, 6.45) is 16.2. The minimum Gasteiger partial charge on any atom is -0.464 e. The van der Waals surface area contributed by atoms with Gasteiger partial charge in [-0.1, -0.05) is 84.0 Å². The summed E-state index contributed by atoms with van der Waals surface area (Å²) in [7, 11) is 3.05. The Labute approximate surface area is 172 Å². The maximum absolute atomic E-state index is 11.7. The lowest BCUT2D eigenvalue weighted by Gasteiger charge is -2.16.